The van der Waals surface area contributed by atoms with E-state index in [9.17, 15) is 19.6 Å². The quantitative estimate of drug-likeness (QED) is 0.611. The molecule has 0 spiro atoms. The fraction of sp³-hybridized carbons (Fsp3) is 0.375. The molecule has 0 amide bonds. The first-order valence-corrected chi connectivity index (χ1v) is 8.87. The number of nitrogens with zero attached hydrogens (tertiary/aromatic N) is 1. The number of aliphatic hydroxyl groups is 1. The van der Waals surface area contributed by atoms with Gasteiger partial charge in [0.25, 0.3) is 4.49 Å². The molecule has 2 N–H and O–H groups in total. The van der Waals surface area contributed by atoms with Crippen LogP contribution in [0.5, 0.6) is 0 Å². The number of fused-ring (bicyclic) bond motifs is 1. The van der Waals surface area contributed by atoms with E-state index in [4.69, 9.17) is 0 Å². The summed E-state index contributed by atoms with van der Waals surface area (Å²) in [5.74, 6) is -1.74. The molecule has 1 aromatic carbocycles. The molecule has 0 fully saturated rings. The maximum Gasteiger partial charge on any atom is 0.346 e. The van der Waals surface area contributed by atoms with Crippen LogP contribution in [0.3, 0.4) is 0 Å². The van der Waals surface area contributed by atoms with Crippen molar-refractivity contribution in [1.29, 1.82) is 0 Å². The van der Waals surface area contributed by atoms with Gasteiger partial charge in [-0.2, -0.15) is 0 Å². The second kappa shape index (κ2) is 6.56. The first kappa shape index (κ1) is 17.9. The summed E-state index contributed by atoms with van der Waals surface area (Å²) in [6.07, 6.45) is 0. The Bertz CT molecular complexity index is 750. The van der Waals surface area contributed by atoms with Crippen LogP contribution in [0.4, 0.5) is 0 Å². The van der Waals surface area contributed by atoms with E-state index in [1.54, 1.807) is 19.9 Å². The van der Waals surface area contributed by atoms with Gasteiger partial charge in [0, 0.05) is 11.3 Å². The molecule has 122 valence electrons. The Morgan fingerprint density at radius 1 is 1.26 bits per heavy atom. The lowest BCUT2D eigenvalue weighted by molar-refractivity contribution is -0.158. The number of para-hydroxylation sites is 1. The number of pyridine rings is 1. The Morgan fingerprint density at radius 2 is 1.91 bits per heavy atom. The lowest BCUT2D eigenvalue weighted by Gasteiger charge is -2.34. The minimum atomic E-state index is -2.15. The highest BCUT2D eigenvalue weighted by atomic mass is 32.2. The molecular formula is C16H19NO4PS+. The number of aromatic nitrogens is 1. The minimum absolute atomic E-state index is 0.345. The summed E-state index contributed by atoms with van der Waals surface area (Å²) in [6, 6.07) is 11.2. The molecule has 2 rings (SSSR count). The number of carboxylic acid groups (broad SMARTS) is 1. The molecule has 3 atom stereocenters. The second-order valence-corrected chi connectivity index (χ2v) is 8.44. The van der Waals surface area contributed by atoms with Crippen LogP contribution in [-0.2, 0) is 9.36 Å². The van der Waals surface area contributed by atoms with Gasteiger partial charge in [0.15, 0.2) is 0 Å². The van der Waals surface area contributed by atoms with Crippen molar-refractivity contribution >= 4 is 37.1 Å². The van der Waals surface area contributed by atoms with E-state index in [0.717, 1.165) is 22.7 Å². The average Bonchev–Trinajstić information content (AvgIpc) is 2.51. The van der Waals surface area contributed by atoms with Crippen molar-refractivity contribution in [1.82, 2.24) is 4.98 Å². The SMILES string of the molecule is CC(C)C([PH+]=O)(Sc1ccc2ccccc2n1)C(C)(O)C(=O)O. The third kappa shape index (κ3) is 3.11. The third-order valence-corrected chi connectivity index (χ3v) is 7.49. The van der Waals surface area contributed by atoms with Crippen LogP contribution in [-0.4, -0.2) is 31.3 Å². The third-order valence-electron chi connectivity index (χ3n) is 3.94. The monoisotopic (exact) mass is 352 g/mol. The molecule has 0 aliphatic rings. The number of carbonyl (C=O) groups is 1. The van der Waals surface area contributed by atoms with Crippen molar-refractivity contribution in [2.24, 2.45) is 5.92 Å². The van der Waals surface area contributed by atoms with Gasteiger partial charge in [-0.3, -0.25) is 0 Å². The molecule has 2 aromatic rings. The van der Waals surface area contributed by atoms with Crippen molar-refractivity contribution in [2.45, 2.75) is 35.9 Å². The normalized spacial score (nSPS) is 17.1. The molecule has 0 aliphatic heterocycles. The number of hydrogen-bond acceptors (Lipinski definition) is 5. The molecule has 0 saturated carbocycles. The summed E-state index contributed by atoms with van der Waals surface area (Å²) in [6.45, 7) is 4.68. The van der Waals surface area contributed by atoms with Gasteiger partial charge in [-0.05, 0) is 30.8 Å². The first-order valence-electron chi connectivity index (χ1n) is 7.14. The Morgan fingerprint density at radius 3 is 2.48 bits per heavy atom. The summed E-state index contributed by atoms with van der Waals surface area (Å²) in [7, 11) is -1.01. The van der Waals surface area contributed by atoms with Crippen molar-refractivity contribution in [3.8, 4) is 0 Å². The number of thioether (sulfide) groups is 1. The van der Waals surface area contributed by atoms with Crippen LogP contribution in [0.2, 0.25) is 0 Å². The molecule has 0 bridgehead atoms. The van der Waals surface area contributed by atoms with Crippen LogP contribution in [0, 0.1) is 5.92 Å². The Balaban J connectivity index is 2.52. The fourth-order valence-corrected chi connectivity index (χ4v) is 4.60. The Kier molecular flexibility index (Phi) is 5.09. The second-order valence-electron chi connectivity index (χ2n) is 5.81. The van der Waals surface area contributed by atoms with Gasteiger partial charge in [0.05, 0.1) is 5.52 Å². The van der Waals surface area contributed by atoms with Crippen LogP contribution in [0.1, 0.15) is 20.8 Å². The van der Waals surface area contributed by atoms with E-state index in [1.165, 1.54) is 6.92 Å². The van der Waals surface area contributed by atoms with E-state index < -0.39 is 24.5 Å². The maximum absolute atomic E-state index is 12.0. The highest BCUT2D eigenvalue weighted by molar-refractivity contribution is 8.04. The average molecular weight is 352 g/mol. The van der Waals surface area contributed by atoms with Crippen LogP contribution in [0.15, 0.2) is 41.4 Å². The van der Waals surface area contributed by atoms with E-state index in [-0.39, 0.29) is 5.92 Å². The molecule has 3 unspecified atom stereocenters. The van der Waals surface area contributed by atoms with Gasteiger partial charge < -0.3 is 10.2 Å². The minimum Gasteiger partial charge on any atom is -0.479 e. The molecule has 0 radical (unpaired) electrons. The van der Waals surface area contributed by atoms with E-state index in [0.29, 0.717) is 5.03 Å². The molecule has 7 heteroatoms. The molecular weight excluding hydrogens is 333 g/mol. The topological polar surface area (TPSA) is 87.5 Å². The summed E-state index contributed by atoms with van der Waals surface area (Å²) >= 11 is 1.05. The maximum atomic E-state index is 12.0. The van der Waals surface area contributed by atoms with E-state index in [2.05, 4.69) is 4.98 Å². The molecule has 1 heterocycles. The first-order chi connectivity index (χ1) is 10.7. The number of benzene rings is 1. The fourth-order valence-electron chi connectivity index (χ4n) is 2.45. The zero-order chi connectivity index (χ0) is 17.3. The predicted octanol–water partition coefficient (Wildman–Crippen LogP) is 3.54. The summed E-state index contributed by atoms with van der Waals surface area (Å²) in [5.41, 5.74) is -1.39. The van der Waals surface area contributed by atoms with Crippen molar-refractivity contribution in [3.05, 3.63) is 36.4 Å². The molecule has 23 heavy (non-hydrogen) atoms. The largest absolute Gasteiger partial charge is 0.479 e. The zero-order valence-corrected chi connectivity index (χ0v) is 14.9. The molecule has 0 aliphatic carbocycles. The molecule has 5 nitrogen and oxygen atoms in total. The summed E-state index contributed by atoms with van der Waals surface area (Å²) in [4.78, 5) is 16.0. The zero-order valence-electron chi connectivity index (χ0n) is 13.1. The number of hydrogen-bond donors (Lipinski definition) is 2. The standard InChI is InChI=1S/C16H18NO4PS/c1-10(2)16(22-21,15(3,20)14(18)19)23-13-9-8-11-6-4-5-7-12(11)17-13/h4-10,20H,1-3H3,(H,18,19)/p+1. The lowest BCUT2D eigenvalue weighted by Crippen LogP contribution is -2.54. The lowest BCUT2D eigenvalue weighted by atomic mass is 9.92. The molecule has 0 saturated heterocycles. The van der Waals surface area contributed by atoms with Gasteiger partial charge in [0.2, 0.25) is 5.60 Å². The number of aliphatic carboxylic acids is 1. The van der Waals surface area contributed by atoms with Crippen molar-refractivity contribution in [2.75, 3.05) is 0 Å². The molecule has 1 aromatic heterocycles. The van der Waals surface area contributed by atoms with E-state index in [1.807, 2.05) is 30.3 Å². The predicted molar refractivity (Wildman–Crippen MR) is 92.4 cm³/mol. The van der Waals surface area contributed by atoms with Crippen LogP contribution < -0.4 is 0 Å². The van der Waals surface area contributed by atoms with Gasteiger partial charge in [0.1, 0.15) is 5.03 Å². The van der Waals surface area contributed by atoms with Crippen LogP contribution >= 0.6 is 20.2 Å². The van der Waals surface area contributed by atoms with Gasteiger partial charge >= 0.3 is 14.4 Å². The van der Waals surface area contributed by atoms with E-state index >= 15 is 0 Å². The van der Waals surface area contributed by atoms with Crippen molar-refractivity contribution in [3.63, 3.8) is 0 Å². The summed E-state index contributed by atoms with van der Waals surface area (Å²) in [5, 5.41) is 21.4. The smallest absolute Gasteiger partial charge is 0.346 e. The highest BCUT2D eigenvalue weighted by Crippen LogP contribution is 2.53. The summed E-state index contributed by atoms with van der Waals surface area (Å²) < 4.78 is 10.6. The van der Waals surface area contributed by atoms with Crippen molar-refractivity contribution < 1.29 is 19.6 Å². The van der Waals surface area contributed by atoms with Crippen LogP contribution in [0.25, 0.3) is 10.9 Å². The Hall–Kier alpha value is -1.49. The number of rotatable bonds is 6. The van der Waals surface area contributed by atoms with Gasteiger partial charge in [-0.1, -0.05) is 42.7 Å². The van der Waals surface area contributed by atoms with Gasteiger partial charge in [-0.15, -0.1) is 0 Å². The Labute approximate surface area is 140 Å². The highest BCUT2D eigenvalue weighted by Gasteiger charge is 2.63. The van der Waals surface area contributed by atoms with Gasteiger partial charge in [-0.25, -0.2) is 9.78 Å². The number of carboxylic acids is 1.